The molecule has 3 amide bonds. The minimum Gasteiger partial charge on any atom is -0.359 e. The van der Waals surface area contributed by atoms with E-state index in [9.17, 15) is 18.8 Å². The molecule has 1 saturated carbocycles. The number of halogens is 1. The number of thioether (sulfide) groups is 1. The summed E-state index contributed by atoms with van der Waals surface area (Å²) in [6.07, 6.45) is 9.90. The molecule has 0 radical (unpaired) electrons. The number of hydrogen-bond acceptors (Lipinski definition) is 5. The van der Waals surface area contributed by atoms with Crippen LogP contribution in [0.3, 0.4) is 0 Å². The van der Waals surface area contributed by atoms with Gasteiger partial charge in [-0.15, -0.1) is 11.8 Å². The van der Waals surface area contributed by atoms with Crippen LogP contribution in [0.25, 0.3) is 0 Å². The molecule has 7 nitrogen and oxygen atoms in total. The Morgan fingerprint density at radius 3 is 2.67 bits per heavy atom. The lowest BCUT2D eigenvalue weighted by Crippen LogP contribution is -2.56. The number of benzene rings is 2. The second-order valence-corrected chi connectivity index (χ2v) is 11.7. The van der Waals surface area contributed by atoms with Gasteiger partial charge in [0.2, 0.25) is 17.7 Å². The Balaban J connectivity index is 1.33. The smallest absolute Gasteiger partial charge is 0.246 e. The summed E-state index contributed by atoms with van der Waals surface area (Å²) in [7, 11) is 0. The molecule has 0 unspecified atom stereocenters. The molecule has 2 N–H and O–H groups in total. The first-order valence-corrected chi connectivity index (χ1v) is 14.8. The maximum Gasteiger partial charge on any atom is 0.246 e. The molecule has 2 aromatic carbocycles. The van der Waals surface area contributed by atoms with Gasteiger partial charge in [0.05, 0.1) is 17.9 Å². The highest BCUT2D eigenvalue weighted by molar-refractivity contribution is 7.98. The van der Waals surface area contributed by atoms with Gasteiger partial charge in [-0.1, -0.05) is 55.7 Å². The Morgan fingerprint density at radius 1 is 1.10 bits per heavy atom. The third-order valence-corrected chi connectivity index (χ3v) is 9.24. The molecule has 39 heavy (non-hydrogen) atoms. The third kappa shape index (κ3) is 4.55. The lowest BCUT2D eigenvalue weighted by atomic mass is 9.74. The van der Waals surface area contributed by atoms with Crippen molar-refractivity contribution in [2.45, 2.75) is 67.3 Å². The van der Waals surface area contributed by atoms with Gasteiger partial charge < -0.3 is 20.3 Å². The summed E-state index contributed by atoms with van der Waals surface area (Å²) in [6.45, 7) is -0.0848. The van der Waals surface area contributed by atoms with Gasteiger partial charge in [0, 0.05) is 28.7 Å². The number of rotatable bonds is 7. The van der Waals surface area contributed by atoms with Gasteiger partial charge in [-0.05, 0) is 43.4 Å². The van der Waals surface area contributed by atoms with Crippen LogP contribution in [0.2, 0.25) is 0 Å². The zero-order valence-electron chi connectivity index (χ0n) is 21.8. The van der Waals surface area contributed by atoms with E-state index in [1.807, 2.05) is 24.5 Å². The Hall–Kier alpha value is -3.17. The van der Waals surface area contributed by atoms with E-state index in [1.165, 1.54) is 11.0 Å². The van der Waals surface area contributed by atoms with E-state index >= 15 is 0 Å². The van der Waals surface area contributed by atoms with Gasteiger partial charge in [-0.25, -0.2) is 4.39 Å². The quantitative estimate of drug-likeness (QED) is 0.398. The minimum absolute atomic E-state index is 0.0255. The molecule has 204 valence electrons. The first-order valence-electron chi connectivity index (χ1n) is 13.6. The van der Waals surface area contributed by atoms with Gasteiger partial charge in [-0.2, -0.15) is 0 Å². The highest BCUT2D eigenvalue weighted by Crippen LogP contribution is 2.55. The van der Waals surface area contributed by atoms with Crippen molar-refractivity contribution in [3.8, 4) is 0 Å². The summed E-state index contributed by atoms with van der Waals surface area (Å²) in [4.78, 5) is 44.0. The van der Waals surface area contributed by atoms with Gasteiger partial charge in [0.15, 0.2) is 0 Å². The predicted molar refractivity (Wildman–Crippen MR) is 146 cm³/mol. The number of nitrogens with zero attached hydrogens (tertiary/aromatic N) is 1. The van der Waals surface area contributed by atoms with Crippen molar-refractivity contribution in [3.63, 3.8) is 0 Å². The van der Waals surface area contributed by atoms with E-state index in [0.29, 0.717) is 11.3 Å². The highest BCUT2D eigenvalue weighted by atomic mass is 32.2. The monoisotopic (exact) mass is 549 g/mol. The van der Waals surface area contributed by atoms with Gasteiger partial charge in [0.1, 0.15) is 17.5 Å². The Morgan fingerprint density at radius 2 is 1.90 bits per heavy atom. The van der Waals surface area contributed by atoms with E-state index in [-0.39, 0.29) is 30.3 Å². The van der Waals surface area contributed by atoms with Crippen LogP contribution < -0.4 is 10.6 Å². The van der Waals surface area contributed by atoms with Crippen LogP contribution >= 0.6 is 11.8 Å². The molecular formula is C30H32FN3O4S. The fourth-order valence-corrected chi connectivity index (χ4v) is 7.16. The number of hydrogen-bond donors (Lipinski definition) is 2. The van der Waals surface area contributed by atoms with Crippen LogP contribution in [0, 0.1) is 17.7 Å². The van der Waals surface area contributed by atoms with Crippen molar-refractivity contribution in [2.24, 2.45) is 11.8 Å². The molecule has 2 bridgehead atoms. The van der Waals surface area contributed by atoms with Crippen LogP contribution in [0.4, 0.5) is 10.1 Å². The van der Waals surface area contributed by atoms with Crippen LogP contribution in [-0.4, -0.2) is 52.7 Å². The summed E-state index contributed by atoms with van der Waals surface area (Å²) < 4.78 is 21.1. The Bertz CT molecular complexity index is 1330. The topological polar surface area (TPSA) is 87.7 Å². The van der Waals surface area contributed by atoms with Crippen LogP contribution in [-0.2, 0) is 25.7 Å². The number of nitrogens with one attached hydrogen (secondary N) is 2. The molecule has 1 aliphatic carbocycles. The fraction of sp³-hybridized carbons (Fsp3) is 0.433. The summed E-state index contributed by atoms with van der Waals surface area (Å²) in [5.41, 5.74) is -0.339. The summed E-state index contributed by atoms with van der Waals surface area (Å²) >= 11 is 1.57. The number of likely N-dealkylation sites (tertiary alicyclic amines) is 1. The van der Waals surface area contributed by atoms with E-state index in [1.54, 1.807) is 48.2 Å². The molecule has 9 heteroatoms. The SMILES string of the molecule is CSc1cccc(NC(=O)[C@H]2[C@@H]3C=C[C@]4(O3)[C@@H]2C(=O)N(Cc2ccccc2F)[C@H]4C(=O)NC2CCCCC2)c1. The molecular weight excluding hydrogens is 517 g/mol. The molecule has 4 aliphatic rings. The summed E-state index contributed by atoms with van der Waals surface area (Å²) in [5.74, 6) is -3.15. The molecule has 2 saturated heterocycles. The minimum atomic E-state index is -1.28. The van der Waals surface area contributed by atoms with Crippen molar-refractivity contribution in [1.29, 1.82) is 0 Å². The average molecular weight is 550 g/mol. The van der Waals surface area contributed by atoms with Crippen molar-refractivity contribution in [2.75, 3.05) is 11.6 Å². The molecule has 3 heterocycles. The molecule has 2 aromatic rings. The maximum atomic E-state index is 14.7. The maximum absolute atomic E-state index is 14.7. The number of fused-ring (bicyclic) bond motifs is 1. The zero-order valence-corrected chi connectivity index (χ0v) is 22.6. The molecule has 3 aliphatic heterocycles. The van der Waals surface area contributed by atoms with Crippen LogP contribution in [0.5, 0.6) is 0 Å². The van der Waals surface area contributed by atoms with Crippen LogP contribution in [0.15, 0.2) is 65.6 Å². The molecule has 5 atom stereocenters. The lowest BCUT2D eigenvalue weighted by Gasteiger charge is -2.34. The second-order valence-electron chi connectivity index (χ2n) is 10.8. The third-order valence-electron chi connectivity index (χ3n) is 8.51. The first kappa shape index (κ1) is 26.1. The van der Waals surface area contributed by atoms with Crippen molar-refractivity contribution in [1.82, 2.24) is 10.2 Å². The number of carbonyl (C=O) groups is 3. The van der Waals surface area contributed by atoms with Gasteiger partial charge >= 0.3 is 0 Å². The van der Waals surface area contributed by atoms with E-state index in [4.69, 9.17) is 4.74 Å². The van der Waals surface area contributed by atoms with E-state index in [2.05, 4.69) is 10.6 Å². The highest BCUT2D eigenvalue weighted by Gasteiger charge is 2.72. The zero-order chi connectivity index (χ0) is 27.1. The Labute approximate surface area is 231 Å². The second kappa shape index (κ2) is 10.4. The van der Waals surface area contributed by atoms with Crippen molar-refractivity contribution < 1.29 is 23.5 Å². The summed E-state index contributed by atoms with van der Waals surface area (Å²) in [6, 6.07) is 12.8. The van der Waals surface area contributed by atoms with Gasteiger partial charge in [0.25, 0.3) is 0 Å². The first-order chi connectivity index (χ1) is 18.9. The molecule has 0 aromatic heterocycles. The number of anilines is 1. The standard InChI is InChI=1S/C30H32FN3O4S/c1-39-21-12-7-11-20(16-21)33-27(35)24-23-14-15-30(38-23)25(24)29(37)34(17-18-8-5-6-13-22(18)31)26(30)28(36)32-19-9-3-2-4-10-19/h5-8,11-16,19,23-26H,2-4,9-10,17H2,1H3,(H,32,36)(H,33,35)/t23-,24-,25-,26-,30-/m0/s1. The molecule has 1 spiro atoms. The van der Waals surface area contributed by atoms with Crippen LogP contribution in [0.1, 0.15) is 37.7 Å². The molecule has 6 rings (SSSR count). The van der Waals surface area contributed by atoms with Crippen molar-refractivity contribution in [3.05, 3.63) is 72.1 Å². The normalized spacial score (nSPS) is 29.5. The number of amides is 3. The average Bonchev–Trinajstić information content (AvgIpc) is 3.58. The largest absolute Gasteiger partial charge is 0.359 e. The summed E-state index contributed by atoms with van der Waals surface area (Å²) in [5, 5.41) is 6.11. The van der Waals surface area contributed by atoms with Crippen molar-refractivity contribution >= 4 is 35.2 Å². The van der Waals surface area contributed by atoms with E-state index in [0.717, 1.165) is 37.0 Å². The number of carbonyl (C=O) groups excluding carboxylic acids is 3. The van der Waals surface area contributed by atoms with E-state index < -0.39 is 35.4 Å². The molecule has 3 fully saturated rings. The lowest BCUT2D eigenvalue weighted by molar-refractivity contribution is -0.142. The number of ether oxygens (including phenoxy) is 1. The van der Waals surface area contributed by atoms with Gasteiger partial charge in [-0.3, -0.25) is 14.4 Å². The Kier molecular flexibility index (Phi) is 6.97. The fourth-order valence-electron chi connectivity index (χ4n) is 6.70. The predicted octanol–water partition coefficient (Wildman–Crippen LogP) is 4.29.